The number of ether oxygens (including phenoxy) is 1. The van der Waals surface area contributed by atoms with Crippen LogP contribution >= 0.6 is 23.2 Å². The van der Waals surface area contributed by atoms with E-state index in [1.54, 1.807) is 58.2 Å². The summed E-state index contributed by atoms with van der Waals surface area (Å²) in [5.74, 6) is -1.03. The van der Waals surface area contributed by atoms with Crippen molar-refractivity contribution in [1.29, 1.82) is 0 Å². The first-order chi connectivity index (χ1) is 20.9. The van der Waals surface area contributed by atoms with Gasteiger partial charge in [-0.15, -0.1) is 0 Å². The topological polar surface area (TPSA) is 114 Å². The number of rotatable bonds is 7. The summed E-state index contributed by atoms with van der Waals surface area (Å²) in [7, 11) is 0. The van der Waals surface area contributed by atoms with E-state index in [1.807, 2.05) is 32.9 Å². The van der Waals surface area contributed by atoms with E-state index < -0.39 is 11.5 Å². The van der Waals surface area contributed by atoms with Crippen LogP contribution in [0.5, 0.6) is 5.75 Å². The van der Waals surface area contributed by atoms with Crippen LogP contribution in [0.4, 0.5) is 5.69 Å². The van der Waals surface area contributed by atoms with E-state index in [0.717, 1.165) is 5.56 Å². The number of halogens is 2. The van der Waals surface area contributed by atoms with Crippen LogP contribution < -0.4 is 10.1 Å². The van der Waals surface area contributed by atoms with Gasteiger partial charge in [-0.2, -0.15) is 5.10 Å². The number of aromatic nitrogens is 2. The zero-order chi connectivity index (χ0) is 31.6. The Kier molecular flexibility index (Phi) is 8.99. The molecule has 0 bridgehead atoms. The number of amides is 2. The van der Waals surface area contributed by atoms with E-state index in [-0.39, 0.29) is 34.1 Å². The quantitative estimate of drug-likeness (QED) is 0.221. The Balaban J connectivity index is 1.28. The van der Waals surface area contributed by atoms with Crippen molar-refractivity contribution in [1.82, 2.24) is 14.7 Å². The molecule has 2 heterocycles. The number of nitrogens with zero attached hydrogens (tertiary/aromatic N) is 3. The molecule has 0 atom stereocenters. The van der Waals surface area contributed by atoms with Gasteiger partial charge in [0.1, 0.15) is 11.9 Å². The minimum atomic E-state index is -0.995. The van der Waals surface area contributed by atoms with Crippen molar-refractivity contribution in [2.45, 2.75) is 45.3 Å². The molecule has 1 aromatic heterocycles. The summed E-state index contributed by atoms with van der Waals surface area (Å²) in [6.07, 6.45) is 2.64. The summed E-state index contributed by atoms with van der Waals surface area (Å²) >= 11 is 12.6. The average Bonchev–Trinajstić information content (AvgIpc) is 3.45. The molecule has 0 saturated carbocycles. The Morgan fingerprint density at radius 2 is 1.59 bits per heavy atom. The standard InChI is InChI=1S/C33H32Cl2N4O5/c1-33(2,3)39-29(20-4-8-22(34)9-5-20)27(19-36-39)30(40)37-23-10-13-28(35)26(18-23)31(41)38-16-14-25(15-17-38)44-24-11-6-21(7-12-24)32(42)43/h4-13,18-19,25H,14-17H2,1-3H3,(H,37,40)(H,42,43). The second-order valence-corrected chi connectivity index (χ2v) is 12.4. The second-order valence-electron chi connectivity index (χ2n) is 11.6. The summed E-state index contributed by atoms with van der Waals surface area (Å²) in [6.45, 7) is 6.93. The van der Waals surface area contributed by atoms with E-state index in [2.05, 4.69) is 10.4 Å². The van der Waals surface area contributed by atoms with Crippen molar-refractivity contribution < 1.29 is 24.2 Å². The molecule has 0 spiro atoms. The SMILES string of the molecule is CC(C)(C)n1ncc(C(=O)Nc2ccc(Cl)c(C(=O)N3CCC(Oc4ccc(C(=O)O)cc4)CC3)c2)c1-c1ccc(Cl)cc1. The lowest BCUT2D eigenvalue weighted by Gasteiger charge is -2.32. The number of carboxylic acids is 1. The number of likely N-dealkylation sites (tertiary alicyclic amines) is 1. The normalized spacial score (nSPS) is 13.9. The molecule has 3 aromatic carbocycles. The summed E-state index contributed by atoms with van der Waals surface area (Å²) in [5, 5.41) is 17.4. The van der Waals surface area contributed by atoms with Crippen LogP contribution in [0.15, 0.2) is 72.9 Å². The van der Waals surface area contributed by atoms with Crippen molar-refractivity contribution in [3.8, 4) is 17.0 Å². The van der Waals surface area contributed by atoms with Gasteiger partial charge in [0.15, 0.2) is 0 Å². The molecule has 4 aromatic rings. The lowest BCUT2D eigenvalue weighted by atomic mass is 10.0. The summed E-state index contributed by atoms with van der Waals surface area (Å²) in [5.41, 5.74) is 2.34. The van der Waals surface area contributed by atoms with Crippen LogP contribution in [0.3, 0.4) is 0 Å². The van der Waals surface area contributed by atoms with Gasteiger partial charge >= 0.3 is 5.97 Å². The number of hydrogen-bond donors (Lipinski definition) is 2. The smallest absolute Gasteiger partial charge is 0.335 e. The number of benzene rings is 3. The molecule has 5 rings (SSSR count). The summed E-state index contributed by atoms with van der Waals surface area (Å²) in [6, 6.07) is 18.3. The van der Waals surface area contributed by atoms with Gasteiger partial charge < -0.3 is 20.1 Å². The first-order valence-corrected chi connectivity index (χ1v) is 14.9. The Morgan fingerprint density at radius 1 is 0.932 bits per heavy atom. The van der Waals surface area contributed by atoms with Crippen LogP contribution in [-0.2, 0) is 5.54 Å². The van der Waals surface area contributed by atoms with Crippen LogP contribution in [0.2, 0.25) is 10.0 Å². The number of carboxylic acid groups (broad SMARTS) is 1. The van der Waals surface area contributed by atoms with Gasteiger partial charge in [0.05, 0.1) is 39.1 Å². The highest BCUT2D eigenvalue weighted by Gasteiger charge is 2.28. The van der Waals surface area contributed by atoms with Gasteiger partial charge in [0.25, 0.3) is 11.8 Å². The van der Waals surface area contributed by atoms with Crippen LogP contribution in [0.25, 0.3) is 11.3 Å². The van der Waals surface area contributed by atoms with Crippen molar-refractivity contribution in [2.75, 3.05) is 18.4 Å². The predicted octanol–water partition coefficient (Wildman–Crippen LogP) is 7.25. The molecule has 0 radical (unpaired) electrons. The molecule has 228 valence electrons. The number of nitrogens with one attached hydrogen (secondary N) is 1. The lowest BCUT2D eigenvalue weighted by molar-refractivity contribution is 0.0595. The molecular formula is C33H32Cl2N4O5. The maximum absolute atomic E-state index is 13.6. The van der Waals surface area contributed by atoms with Crippen molar-refractivity contribution in [2.24, 2.45) is 0 Å². The molecule has 44 heavy (non-hydrogen) atoms. The zero-order valence-electron chi connectivity index (χ0n) is 24.5. The highest BCUT2D eigenvalue weighted by atomic mass is 35.5. The number of carbonyl (C=O) groups is 3. The minimum absolute atomic E-state index is 0.111. The predicted molar refractivity (Wildman–Crippen MR) is 170 cm³/mol. The number of carbonyl (C=O) groups excluding carboxylic acids is 2. The first-order valence-electron chi connectivity index (χ1n) is 14.2. The minimum Gasteiger partial charge on any atom is -0.490 e. The highest BCUT2D eigenvalue weighted by molar-refractivity contribution is 6.34. The average molecular weight is 636 g/mol. The number of piperidine rings is 1. The third-order valence-corrected chi connectivity index (χ3v) is 7.94. The Hall–Kier alpha value is -4.34. The second kappa shape index (κ2) is 12.7. The van der Waals surface area contributed by atoms with E-state index in [4.69, 9.17) is 33.0 Å². The maximum atomic E-state index is 13.6. The van der Waals surface area contributed by atoms with Gasteiger partial charge in [-0.3, -0.25) is 14.3 Å². The largest absolute Gasteiger partial charge is 0.490 e. The Bertz CT molecular complexity index is 1690. The monoisotopic (exact) mass is 634 g/mol. The Labute approximate surface area is 265 Å². The summed E-state index contributed by atoms with van der Waals surface area (Å²) < 4.78 is 7.81. The van der Waals surface area contributed by atoms with E-state index in [9.17, 15) is 14.4 Å². The number of anilines is 1. The molecule has 9 nitrogen and oxygen atoms in total. The fourth-order valence-corrected chi connectivity index (χ4v) is 5.41. The number of aromatic carboxylic acids is 1. The first kappa shape index (κ1) is 31.1. The fraction of sp³-hybridized carbons (Fsp3) is 0.273. The van der Waals surface area contributed by atoms with Crippen LogP contribution in [0, 0.1) is 0 Å². The van der Waals surface area contributed by atoms with E-state index in [0.29, 0.717) is 53.6 Å². The van der Waals surface area contributed by atoms with Gasteiger partial charge in [0, 0.05) is 42.2 Å². The molecule has 0 aliphatic carbocycles. The van der Waals surface area contributed by atoms with Crippen molar-refractivity contribution in [3.63, 3.8) is 0 Å². The molecular weight excluding hydrogens is 603 g/mol. The maximum Gasteiger partial charge on any atom is 0.335 e. The van der Waals surface area contributed by atoms with E-state index >= 15 is 0 Å². The molecule has 2 N–H and O–H groups in total. The third kappa shape index (κ3) is 6.90. The van der Waals surface area contributed by atoms with Crippen LogP contribution in [0.1, 0.15) is 64.7 Å². The molecule has 0 unspecified atom stereocenters. The number of hydrogen-bond acceptors (Lipinski definition) is 5. The summed E-state index contributed by atoms with van der Waals surface area (Å²) in [4.78, 5) is 39.8. The molecule has 1 fully saturated rings. The lowest BCUT2D eigenvalue weighted by Crippen LogP contribution is -2.41. The van der Waals surface area contributed by atoms with Gasteiger partial charge in [-0.25, -0.2) is 4.79 Å². The molecule has 1 aliphatic rings. The zero-order valence-corrected chi connectivity index (χ0v) is 26.0. The van der Waals surface area contributed by atoms with Gasteiger partial charge in [-0.1, -0.05) is 35.3 Å². The van der Waals surface area contributed by atoms with Crippen LogP contribution in [-0.4, -0.2) is 56.8 Å². The Morgan fingerprint density at radius 3 is 2.20 bits per heavy atom. The van der Waals surface area contributed by atoms with E-state index in [1.165, 1.54) is 12.1 Å². The molecule has 1 aliphatic heterocycles. The molecule has 11 heteroatoms. The third-order valence-electron chi connectivity index (χ3n) is 7.35. The molecule has 1 saturated heterocycles. The molecule has 2 amide bonds. The van der Waals surface area contributed by atoms with Gasteiger partial charge in [0.2, 0.25) is 0 Å². The van der Waals surface area contributed by atoms with Gasteiger partial charge in [-0.05, 0) is 75.4 Å². The highest BCUT2D eigenvalue weighted by Crippen LogP contribution is 2.31. The van der Waals surface area contributed by atoms with Crippen molar-refractivity contribution in [3.05, 3.63) is 99.7 Å². The van der Waals surface area contributed by atoms with Crippen molar-refractivity contribution >= 4 is 46.7 Å². The fourth-order valence-electron chi connectivity index (χ4n) is 5.09.